The highest BCUT2D eigenvalue weighted by Crippen LogP contribution is 2.48. The van der Waals surface area contributed by atoms with Crippen LogP contribution < -0.4 is 0 Å². The highest BCUT2D eigenvalue weighted by molar-refractivity contribution is 5.12. The zero-order valence-electron chi connectivity index (χ0n) is 15.1. The first-order valence-electron chi connectivity index (χ1n) is 9.08. The SMILES string of the molecule is C=C(C)[C@H]1C[C@H]2O[C@H]1C[C@]1(C)O[C@@H]1CC/C(C)=C/CC[C@@]2(C)O. The standard InChI is InChI=1S/C20H32O3/c1-13(2)15-11-18-19(4,21)10-6-7-14(3)8-9-17-20(5,23-17)12-16(15)22-18/h7,15-18,21H,1,6,8-12H2,2-5H3/b14-7+/t15-,16+,17-,18-,19-,20+/m1/s1. The summed E-state index contributed by atoms with van der Waals surface area (Å²) in [5, 5.41) is 10.9. The number of hydrogen-bond acceptors (Lipinski definition) is 3. The number of aliphatic hydroxyl groups is 1. The third kappa shape index (κ3) is 3.57. The van der Waals surface area contributed by atoms with Crippen LogP contribution in [0.25, 0.3) is 0 Å². The summed E-state index contributed by atoms with van der Waals surface area (Å²) in [6.45, 7) is 12.6. The lowest BCUT2D eigenvalue weighted by atomic mass is 9.83. The maximum Gasteiger partial charge on any atom is 0.0945 e. The van der Waals surface area contributed by atoms with Crippen molar-refractivity contribution < 1.29 is 14.6 Å². The topological polar surface area (TPSA) is 42.0 Å². The third-order valence-electron chi connectivity index (χ3n) is 6.17. The van der Waals surface area contributed by atoms with E-state index in [1.165, 1.54) is 5.57 Å². The zero-order valence-corrected chi connectivity index (χ0v) is 15.1. The second-order valence-corrected chi connectivity index (χ2v) is 8.46. The number of fused-ring (bicyclic) bond motifs is 3. The van der Waals surface area contributed by atoms with Gasteiger partial charge in [-0.1, -0.05) is 23.8 Å². The van der Waals surface area contributed by atoms with Crippen LogP contribution in [0.3, 0.4) is 0 Å². The van der Waals surface area contributed by atoms with Crippen molar-refractivity contribution in [3.05, 3.63) is 23.8 Å². The molecule has 0 radical (unpaired) electrons. The van der Waals surface area contributed by atoms with Gasteiger partial charge < -0.3 is 14.6 Å². The smallest absolute Gasteiger partial charge is 0.0945 e. The normalized spacial score (nSPS) is 49.9. The molecular weight excluding hydrogens is 288 g/mol. The van der Waals surface area contributed by atoms with E-state index in [1.807, 2.05) is 6.92 Å². The van der Waals surface area contributed by atoms with Crippen molar-refractivity contribution in [1.29, 1.82) is 0 Å². The summed E-state index contributed by atoms with van der Waals surface area (Å²) in [4.78, 5) is 0. The van der Waals surface area contributed by atoms with E-state index < -0.39 is 5.60 Å². The Kier molecular flexibility index (Phi) is 4.50. The Hall–Kier alpha value is -0.640. The summed E-state index contributed by atoms with van der Waals surface area (Å²) in [6, 6.07) is 0. The van der Waals surface area contributed by atoms with E-state index in [0.29, 0.717) is 12.0 Å². The fourth-order valence-electron chi connectivity index (χ4n) is 4.32. The number of allylic oxidation sites excluding steroid dienone is 2. The third-order valence-corrected chi connectivity index (χ3v) is 6.17. The predicted octanol–water partition coefficient (Wildman–Crippen LogP) is 4.16. The van der Waals surface area contributed by atoms with E-state index in [-0.39, 0.29) is 17.8 Å². The van der Waals surface area contributed by atoms with Crippen LogP contribution in [0.1, 0.15) is 66.2 Å². The molecule has 130 valence electrons. The fourth-order valence-corrected chi connectivity index (χ4v) is 4.32. The van der Waals surface area contributed by atoms with Gasteiger partial charge in [0.1, 0.15) is 0 Å². The second kappa shape index (κ2) is 6.02. The molecule has 2 fully saturated rings. The average molecular weight is 320 g/mol. The summed E-state index contributed by atoms with van der Waals surface area (Å²) in [5.74, 6) is 0.327. The van der Waals surface area contributed by atoms with Gasteiger partial charge in [0.2, 0.25) is 0 Å². The van der Waals surface area contributed by atoms with Crippen LogP contribution in [0.5, 0.6) is 0 Å². The van der Waals surface area contributed by atoms with Crippen molar-refractivity contribution in [1.82, 2.24) is 0 Å². The molecule has 2 saturated heterocycles. The van der Waals surface area contributed by atoms with E-state index in [1.54, 1.807) is 0 Å². The molecule has 0 aromatic rings. The van der Waals surface area contributed by atoms with Crippen molar-refractivity contribution in [2.75, 3.05) is 0 Å². The first-order chi connectivity index (χ1) is 10.7. The Morgan fingerprint density at radius 3 is 2.78 bits per heavy atom. The fraction of sp³-hybridized carbons (Fsp3) is 0.800. The molecule has 3 aliphatic rings. The Bertz CT molecular complexity index is 507. The molecule has 0 aromatic carbocycles. The Morgan fingerprint density at radius 1 is 1.35 bits per heavy atom. The van der Waals surface area contributed by atoms with Gasteiger partial charge in [-0.25, -0.2) is 0 Å². The van der Waals surface area contributed by atoms with Crippen LogP contribution >= 0.6 is 0 Å². The Balaban J connectivity index is 1.82. The lowest BCUT2D eigenvalue weighted by molar-refractivity contribution is -0.101. The zero-order chi connectivity index (χ0) is 16.8. The van der Waals surface area contributed by atoms with Crippen LogP contribution in [0.4, 0.5) is 0 Å². The molecule has 3 nitrogen and oxygen atoms in total. The van der Waals surface area contributed by atoms with Gasteiger partial charge in [-0.3, -0.25) is 0 Å². The summed E-state index contributed by atoms with van der Waals surface area (Å²) in [7, 11) is 0. The van der Waals surface area contributed by atoms with Crippen molar-refractivity contribution >= 4 is 0 Å². The van der Waals surface area contributed by atoms with Crippen LogP contribution in [-0.2, 0) is 9.47 Å². The summed E-state index contributed by atoms with van der Waals surface area (Å²) >= 11 is 0. The molecule has 0 unspecified atom stereocenters. The van der Waals surface area contributed by atoms with Crippen molar-refractivity contribution in [3.8, 4) is 0 Å². The molecule has 0 aromatic heterocycles. The second-order valence-electron chi connectivity index (χ2n) is 8.46. The van der Waals surface area contributed by atoms with Gasteiger partial charge in [0.15, 0.2) is 0 Å². The van der Waals surface area contributed by atoms with E-state index in [4.69, 9.17) is 9.47 Å². The van der Waals surface area contributed by atoms with Crippen LogP contribution in [0.2, 0.25) is 0 Å². The van der Waals surface area contributed by atoms with Crippen LogP contribution in [-0.4, -0.2) is 34.6 Å². The molecular formula is C20H32O3. The molecule has 1 N–H and O–H groups in total. The van der Waals surface area contributed by atoms with Gasteiger partial charge in [0.25, 0.3) is 0 Å². The molecule has 3 heteroatoms. The summed E-state index contributed by atoms with van der Waals surface area (Å²) < 4.78 is 12.4. The highest BCUT2D eigenvalue weighted by atomic mass is 16.6. The lowest BCUT2D eigenvalue weighted by Gasteiger charge is -2.30. The maximum absolute atomic E-state index is 10.9. The Labute approximate surface area is 140 Å². The molecule has 0 amide bonds. The molecule has 0 spiro atoms. The van der Waals surface area contributed by atoms with Gasteiger partial charge in [0, 0.05) is 12.3 Å². The van der Waals surface area contributed by atoms with Crippen LogP contribution in [0.15, 0.2) is 23.8 Å². The molecule has 0 aliphatic carbocycles. The van der Waals surface area contributed by atoms with Crippen molar-refractivity contribution in [2.45, 2.75) is 95.7 Å². The molecule has 3 heterocycles. The molecule has 0 saturated carbocycles. The lowest BCUT2D eigenvalue weighted by Crippen LogP contribution is -2.39. The molecule has 23 heavy (non-hydrogen) atoms. The van der Waals surface area contributed by atoms with E-state index in [2.05, 4.69) is 33.4 Å². The van der Waals surface area contributed by atoms with Gasteiger partial charge in [-0.2, -0.15) is 0 Å². The first kappa shape index (κ1) is 17.2. The van der Waals surface area contributed by atoms with Crippen molar-refractivity contribution in [3.63, 3.8) is 0 Å². The van der Waals surface area contributed by atoms with E-state index in [9.17, 15) is 5.11 Å². The van der Waals surface area contributed by atoms with E-state index in [0.717, 1.165) is 44.1 Å². The Morgan fingerprint density at radius 2 is 2.09 bits per heavy atom. The summed E-state index contributed by atoms with van der Waals surface area (Å²) in [6.07, 6.45) is 8.24. The minimum Gasteiger partial charge on any atom is -0.387 e. The largest absolute Gasteiger partial charge is 0.387 e. The molecule has 3 aliphatic heterocycles. The number of epoxide rings is 1. The average Bonchev–Trinajstić information content (AvgIpc) is 2.88. The first-order valence-corrected chi connectivity index (χ1v) is 9.08. The highest BCUT2D eigenvalue weighted by Gasteiger charge is 2.55. The summed E-state index contributed by atoms with van der Waals surface area (Å²) in [5.41, 5.74) is 1.73. The predicted molar refractivity (Wildman–Crippen MR) is 92.3 cm³/mol. The van der Waals surface area contributed by atoms with Gasteiger partial charge >= 0.3 is 0 Å². The molecule has 2 bridgehead atoms. The van der Waals surface area contributed by atoms with E-state index >= 15 is 0 Å². The molecule has 3 rings (SSSR count). The minimum absolute atomic E-state index is 0.0621. The molecule has 6 atom stereocenters. The van der Waals surface area contributed by atoms with Crippen LogP contribution in [0, 0.1) is 5.92 Å². The van der Waals surface area contributed by atoms with Crippen molar-refractivity contribution in [2.24, 2.45) is 5.92 Å². The maximum atomic E-state index is 10.9. The minimum atomic E-state index is -0.780. The monoisotopic (exact) mass is 320 g/mol. The number of hydrogen-bond donors (Lipinski definition) is 1. The number of rotatable bonds is 1. The quantitative estimate of drug-likeness (QED) is 0.583. The van der Waals surface area contributed by atoms with Gasteiger partial charge in [-0.05, 0) is 59.8 Å². The van der Waals surface area contributed by atoms with Gasteiger partial charge in [0.05, 0.1) is 29.5 Å². The van der Waals surface area contributed by atoms with Gasteiger partial charge in [-0.15, -0.1) is 0 Å². The number of ether oxygens (including phenoxy) is 2.